The van der Waals surface area contributed by atoms with Crippen LogP contribution < -0.4 is 0 Å². The molecule has 3 N–H and O–H groups in total. The largest absolute Gasteiger partial charge is 0.463 e. The molecule has 0 aliphatic rings. The number of allylic oxidation sites excluding steroid dienone is 1. The summed E-state index contributed by atoms with van der Waals surface area (Å²) in [6.07, 6.45) is 27.2. The van der Waals surface area contributed by atoms with Crippen LogP contribution in [0.4, 0.5) is 0 Å². The number of carbonyl (C=O) groups excluding carboxylic acids is 2. The Balaban J connectivity index is 3.55. The number of carbonyl (C=O) groups is 2. The summed E-state index contributed by atoms with van der Waals surface area (Å²) >= 11 is 0. The Kier molecular flexibility index (Phi) is 31.5. The maximum absolute atomic E-state index is 12.0. The average molecular weight is 641 g/mol. The number of unbranched alkanes of at least 4 members (excludes halogenated alkanes) is 17. The van der Waals surface area contributed by atoms with E-state index in [0.717, 1.165) is 57.3 Å². The van der Waals surface area contributed by atoms with Crippen LogP contribution in [0.2, 0.25) is 0 Å². The van der Waals surface area contributed by atoms with Crippen LogP contribution in [0.3, 0.4) is 0 Å². The van der Waals surface area contributed by atoms with Crippen molar-refractivity contribution in [2.24, 2.45) is 5.92 Å². The van der Waals surface area contributed by atoms with Crippen molar-refractivity contribution in [2.75, 3.05) is 13.2 Å². The predicted octanol–water partition coefficient (Wildman–Crippen LogP) is 9.14. The third-order valence-corrected chi connectivity index (χ3v) is 8.38. The van der Waals surface area contributed by atoms with Crippen LogP contribution in [0, 0.1) is 5.92 Å². The quantitative estimate of drug-likeness (QED) is 0.0372. The molecule has 0 aromatic carbocycles. The number of esters is 2. The van der Waals surface area contributed by atoms with Crippen molar-refractivity contribution in [1.29, 1.82) is 0 Å². The van der Waals surface area contributed by atoms with Gasteiger partial charge in [0.25, 0.3) is 0 Å². The average Bonchev–Trinajstić information content (AvgIpc) is 3.01. The molecule has 0 spiro atoms. The molecule has 0 fully saturated rings. The summed E-state index contributed by atoms with van der Waals surface area (Å²) in [5.41, 5.74) is 0. The van der Waals surface area contributed by atoms with Gasteiger partial charge in [0.05, 0.1) is 12.2 Å². The van der Waals surface area contributed by atoms with Crippen LogP contribution in [0.15, 0.2) is 12.2 Å². The van der Waals surface area contributed by atoms with E-state index >= 15 is 0 Å². The van der Waals surface area contributed by atoms with Crippen molar-refractivity contribution in [1.82, 2.24) is 0 Å². The van der Waals surface area contributed by atoms with Crippen LogP contribution in [0.1, 0.15) is 181 Å². The lowest BCUT2D eigenvalue weighted by molar-refractivity contribution is -0.152. The van der Waals surface area contributed by atoms with Gasteiger partial charge in [0.15, 0.2) is 0 Å². The second-order valence-corrected chi connectivity index (χ2v) is 13.5. The first-order valence-electron chi connectivity index (χ1n) is 18.8. The molecular formula is C38H72O7. The molecule has 0 radical (unpaired) electrons. The van der Waals surface area contributed by atoms with Gasteiger partial charge in [-0.15, -0.1) is 0 Å². The smallest absolute Gasteiger partial charge is 0.305 e. The van der Waals surface area contributed by atoms with E-state index in [1.807, 2.05) is 6.08 Å². The van der Waals surface area contributed by atoms with Crippen molar-refractivity contribution in [2.45, 2.75) is 200 Å². The van der Waals surface area contributed by atoms with Gasteiger partial charge in [0.2, 0.25) is 0 Å². The maximum Gasteiger partial charge on any atom is 0.305 e. The van der Waals surface area contributed by atoms with Crippen molar-refractivity contribution in [3.8, 4) is 0 Å². The molecule has 0 saturated carbocycles. The van der Waals surface area contributed by atoms with E-state index in [4.69, 9.17) is 9.47 Å². The Hall–Kier alpha value is -1.44. The highest BCUT2D eigenvalue weighted by molar-refractivity contribution is 5.69. The standard InChI is InChI=1S/C38H72O7/c1-4-5-6-7-17-22-27-35(40)36(41)28-23-18-15-20-25-30-38(43)45-32-34(39)31-44-37(42)29-24-19-14-12-10-8-9-11-13-16-21-26-33(2)3/h17,22,33-36,39-41H,4-16,18-21,23-32H2,1-3H3/b22-17-/t34-,35-,36-/m1/s1. The molecule has 0 aliphatic carbocycles. The first kappa shape index (κ1) is 43.6. The van der Waals surface area contributed by atoms with Crippen molar-refractivity contribution < 1.29 is 34.4 Å². The summed E-state index contributed by atoms with van der Waals surface area (Å²) in [5.74, 6) is 0.157. The SMILES string of the molecule is CCCCC/C=C\C[C@@H](O)[C@H](O)CCCCCCCC(=O)OC[C@H](O)COC(=O)CCCCCCCCCCCCCC(C)C. The molecule has 0 aromatic rings. The molecule has 7 nitrogen and oxygen atoms in total. The zero-order chi connectivity index (χ0) is 33.4. The zero-order valence-electron chi connectivity index (χ0n) is 29.5. The summed E-state index contributed by atoms with van der Waals surface area (Å²) in [6.45, 7) is 6.44. The van der Waals surface area contributed by atoms with Gasteiger partial charge in [-0.1, -0.05) is 142 Å². The zero-order valence-corrected chi connectivity index (χ0v) is 29.5. The van der Waals surface area contributed by atoms with Crippen molar-refractivity contribution in [3.63, 3.8) is 0 Å². The maximum atomic E-state index is 12.0. The Labute approximate surface area is 276 Å². The van der Waals surface area contributed by atoms with Crippen molar-refractivity contribution >= 4 is 11.9 Å². The highest BCUT2D eigenvalue weighted by atomic mass is 16.6. The van der Waals surface area contributed by atoms with E-state index in [-0.39, 0.29) is 31.6 Å². The highest BCUT2D eigenvalue weighted by Crippen LogP contribution is 2.15. The fourth-order valence-corrected chi connectivity index (χ4v) is 5.35. The molecule has 0 bridgehead atoms. The number of aliphatic hydroxyl groups is 3. The Bertz CT molecular complexity index is 694. The van der Waals surface area contributed by atoms with Crippen LogP contribution in [0.25, 0.3) is 0 Å². The lowest BCUT2D eigenvalue weighted by atomic mass is 10.0. The third-order valence-electron chi connectivity index (χ3n) is 8.38. The van der Waals surface area contributed by atoms with Crippen LogP contribution >= 0.6 is 0 Å². The number of aliphatic hydroxyl groups excluding tert-OH is 3. The minimum Gasteiger partial charge on any atom is -0.463 e. The van der Waals surface area contributed by atoms with E-state index in [2.05, 4.69) is 26.8 Å². The molecule has 3 atom stereocenters. The number of hydrogen-bond acceptors (Lipinski definition) is 7. The highest BCUT2D eigenvalue weighted by Gasteiger charge is 2.14. The predicted molar refractivity (Wildman–Crippen MR) is 185 cm³/mol. The Morgan fingerprint density at radius 1 is 0.556 bits per heavy atom. The van der Waals surface area contributed by atoms with Gasteiger partial charge < -0.3 is 24.8 Å². The van der Waals surface area contributed by atoms with E-state index in [1.54, 1.807) is 0 Å². The summed E-state index contributed by atoms with van der Waals surface area (Å²) < 4.78 is 10.3. The fraction of sp³-hybridized carbons (Fsp3) is 0.895. The lowest BCUT2D eigenvalue weighted by Crippen LogP contribution is -2.25. The van der Waals surface area contributed by atoms with E-state index in [9.17, 15) is 24.9 Å². The second-order valence-electron chi connectivity index (χ2n) is 13.5. The first-order chi connectivity index (χ1) is 21.8. The third kappa shape index (κ3) is 32.3. The molecule has 0 aliphatic heterocycles. The molecular weight excluding hydrogens is 568 g/mol. The second kappa shape index (κ2) is 32.5. The summed E-state index contributed by atoms with van der Waals surface area (Å²) in [7, 11) is 0. The van der Waals surface area contributed by atoms with Gasteiger partial charge in [-0.05, 0) is 44.4 Å². The van der Waals surface area contributed by atoms with Gasteiger partial charge in [-0.2, -0.15) is 0 Å². The monoisotopic (exact) mass is 641 g/mol. The minimum atomic E-state index is -1.01. The van der Waals surface area contributed by atoms with E-state index in [0.29, 0.717) is 25.7 Å². The molecule has 45 heavy (non-hydrogen) atoms. The Morgan fingerprint density at radius 3 is 1.47 bits per heavy atom. The van der Waals surface area contributed by atoms with Crippen LogP contribution in [0.5, 0.6) is 0 Å². The molecule has 0 amide bonds. The van der Waals surface area contributed by atoms with Gasteiger partial charge in [-0.3, -0.25) is 9.59 Å². The molecule has 0 aromatic heterocycles. The summed E-state index contributed by atoms with van der Waals surface area (Å²) in [5, 5.41) is 30.2. The van der Waals surface area contributed by atoms with Crippen LogP contribution in [-0.4, -0.2) is 58.8 Å². The lowest BCUT2D eigenvalue weighted by Gasteiger charge is -2.16. The Morgan fingerprint density at radius 2 is 1.00 bits per heavy atom. The van der Waals surface area contributed by atoms with Crippen molar-refractivity contribution in [3.05, 3.63) is 12.2 Å². The number of hydrogen-bond donors (Lipinski definition) is 3. The number of ether oxygens (including phenoxy) is 2. The normalized spacial score (nSPS) is 13.8. The van der Waals surface area contributed by atoms with Crippen LogP contribution in [-0.2, 0) is 19.1 Å². The molecule has 0 saturated heterocycles. The minimum absolute atomic E-state index is 0.153. The topological polar surface area (TPSA) is 113 Å². The van der Waals surface area contributed by atoms with Gasteiger partial charge in [-0.25, -0.2) is 0 Å². The summed E-state index contributed by atoms with van der Waals surface area (Å²) in [6, 6.07) is 0. The van der Waals surface area contributed by atoms with Gasteiger partial charge in [0.1, 0.15) is 19.3 Å². The van der Waals surface area contributed by atoms with Gasteiger partial charge in [0, 0.05) is 12.8 Å². The summed E-state index contributed by atoms with van der Waals surface area (Å²) in [4.78, 5) is 23.9. The molecule has 0 rings (SSSR count). The molecule has 266 valence electrons. The van der Waals surface area contributed by atoms with Gasteiger partial charge >= 0.3 is 11.9 Å². The molecule has 0 heterocycles. The van der Waals surface area contributed by atoms with E-state index < -0.39 is 18.3 Å². The molecule has 0 unspecified atom stereocenters. The number of rotatable bonds is 33. The first-order valence-corrected chi connectivity index (χ1v) is 18.8. The fourth-order valence-electron chi connectivity index (χ4n) is 5.35. The molecule has 7 heteroatoms. The van der Waals surface area contributed by atoms with E-state index in [1.165, 1.54) is 77.0 Å².